The van der Waals surface area contributed by atoms with Crippen molar-refractivity contribution in [3.05, 3.63) is 22.4 Å². The van der Waals surface area contributed by atoms with Crippen LogP contribution in [-0.2, 0) is 4.79 Å². The van der Waals surface area contributed by atoms with E-state index in [9.17, 15) is 9.59 Å². The van der Waals surface area contributed by atoms with Crippen LogP contribution in [-0.4, -0.2) is 46.8 Å². The minimum absolute atomic E-state index is 0.0942. The molecule has 2 aliphatic heterocycles. The molecule has 5 heteroatoms. The molecule has 0 radical (unpaired) electrons. The van der Waals surface area contributed by atoms with Gasteiger partial charge in [0, 0.05) is 25.0 Å². The van der Waals surface area contributed by atoms with Crippen LogP contribution < -0.4 is 0 Å². The highest BCUT2D eigenvalue weighted by Crippen LogP contribution is 2.38. The fraction of sp³-hybridized carbons (Fsp3) is 0.600. The SMILES string of the molecule is CCN1CC2(CCCCN2C(=O)c2ccsc2)CC1=O. The van der Waals surface area contributed by atoms with E-state index in [1.54, 1.807) is 11.3 Å². The minimum atomic E-state index is -0.260. The van der Waals surface area contributed by atoms with Crippen LogP contribution in [0.3, 0.4) is 0 Å². The molecule has 2 saturated heterocycles. The number of piperidine rings is 1. The van der Waals surface area contributed by atoms with Crippen molar-refractivity contribution in [2.24, 2.45) is 0 Å². The molecule has 2 fully saturated rings. The van der Waals surface area contributed by atoms with Gasteiger partial charge < -0.3 is 9.80 Å². The first-order valence-electron chi connectivity index (χ1n) is 7.28. The van der Waals surface area contributed by atoms with E-state index < -0.39 is 0 Å². The van der Waals surface area contributed by atoms with Gasteiger partial charge in [0.15, 0.2) is 0 Å². The summed E-state index contributed by atoms with van der Waals surface area (Å²) in [6, 6.07) is 1.88. The smallest absolute Gasteiger partial charge is 0.255 e. The summed E-state index contributed by atoms with van der Waals surface area (Å²) in [5, 5.41) is 3.83. The second-order valence-corrected chi connectivity index (χ2v) is 6.51. The maximum atomic E-state index is 12.7. The van der Waals surface area contributed by atoms with Gasteiger partial charge in [0.05, 0.1) is 17.5 Å². The molecule has 108 valence electrons. The molecule has 3 heterocycles. The number of hydrogen-bond acceptors (Lipinski definition) is 3. The molecule has 2 aliphatic rings. The molecule has 0 aliphatic carbocycles. The quantitative estimate of drug-likeness (QED) is 0.839. The third kappa shape index (κ3) is 2.14. The normalized spacial score (nSPS) is 26.6. The first-order chi connectivity index (χ1) is 9.66. The van der Waals surface area contributed by atoms with Crippen molar-refractivity contribution in [3.63, 3.8) is 0 Å². The van der Waals surface area contributed by atoms with Gasteiger partial charge in [-0.25, -0.2) is 0 Å². The van der Waals surface area contributed by atoms with Crippen LogP contribution in [0.15, 0.2) is 16.8 Å². The van der Waals surface area contributed by atoms with Gasteiger partial charge in [0.2, 0.25) is 5.91 Å². The molecule has 0 saturated carbocycles. The van der Waals surface area contributed by atoms with Crippen molar-refractivity contribution >= 4 is 23.2 Å². The van der Waals surface area contributed by atoms with Gasteiger partial charge in [0.25, 0.3) is 5.91 Å². The first kappa shape index (κ1) is 13.6. The number of amides is 2. The Balaban J connectivity index is 1.88. The summed E-state index contributed by atoms with van der Waals surface area (Å²) in [4.78, 5) is 28.7. The van der Waals surface area contributed by atoms with Gasteiger partial charge in [-0.05, 0) is 37.6 Å². The van der Waals surface area contributed by atoms with E-state index in [0.29, 0.717) is 13.0 Å². The molecule has 0 bridgehead atoms. The van der Waals surface area contributed by atoms with Crippen LogP contribution in [0.25, 0.3) is 0 Å². The van der Waals surface area contributed by atoms with E-state index in [1.165, 1.54) is 0 Å². The zero-order valence-electron chi connectivity index (χ0n) is 11.8. The van der Waals surface area contributed by atoms with E-state index in [1.807, 2.05) is 33.6 Å². The number of likely N-dealkylation sites (N-methyl/N-ethyl adjacent to an activating group) is 1. The summed E-state index contributed by atoms with van der Waals surface area (Å²) in [5.41, 5.74) is 0.503. The maximum Gasteiger partial charge on any atom is 0.255 e. The predicted octanol–water partition coefficient (Wildman–Crippen LogP) is 2.37. The van der Waals surface area contributed by atoms with E-state index in [4.69, 9.17) is 0 Å². The number of thiophene rings is 1. The van der Waals surface area contributed by atoms with Crippen molar-refractivity contribution < 1.29 is 9.59 Å². The molecule has 0 aromatic carbocycles. The molecule has 1 spiro atoms. The minimum Gasteiger partial charge on any atom is -0.341 e. The third-order valence-corrected chi connectivity index (χ3v) is 5.24. The Kier molecular flexibility index (Phi) is 3.54. The van der Waals surface area contributed by atoms with Gasteiger partial charge >= 0.3 is 0 Å². The molecule has 3 rings (SSSR count). The molecule has 1 atom stereocenters. The highest BCUT2D eigenvalue weighted by Gasteiger charge is 2.49. The monoisotopic (exact) mass is 292 g/mol. The molecular formula is C15H20N2O2S. The fourth-order valence-electron chi connectivity index (χ4n) is 3.48. The number of hydrogen-bond donors (Lipinski definition) is 0. The first-order valence-corrected chi connectivity index (χ1v) is 8.22. The second kappa shape index (κ2) is 5.20. The fourth-order valence-corrected chi connectivity index (χ4v) is 4.11. The molecule has 1 aromatic heterocycles. The van der Waals surface area contributed by atoms with Gasteiger partial charge in [-0.15, -0.1) is 0 Å². The van der Waals surface area contributed by atoms with Crippen molar-refractivity contribution in [2.75, 3.05) is 19.6 Å². The van der Waals surface area contributed by atoms with Gasteiger partial charge in [-0.2, -0.15) is 11.3 Å². The third-order valence-electron chi connectivity index (χ3n) is 4.56. The number of nitrogens with zero attached hydrogens (tertiary/aromatic N) is 2. The van der Waals surface area contributed by atoms with Crippen LogP contribution in [0.4, 0.5) is 0 Å². The Morgan fingerprint density at radius 1 is 1.45 bits per heavy atom. The van der Waals surface area contributed by atoms with Gasteiger partial charge in [-0.3, -0.25) is 9.59 Å². The standard InChI is InChI=1S/C15H20N2O2S/c1-2-16-11-15(9-13(16)18)6-3-4-7-17(15)14(19)12-5-8-20-10-12/h5,8,10H,2-4,6-7,9,11H2,1H3. The zero-order chi connectivity index (χ0) is 14.2. The maximum absolute atomic E-state index is 12.7. The average molecular weight is 292 g/mol. The summed E-state index contributed by atoms with van der Waals surface area (Å²) in [6.07, 6.45) is 3.60. The van der Waals surface area contributed by atoms with Crippen LogP contribution in [0, 0.1) is 0 Å². The Bertz CT molecular complexity index is 514. The Morgan fingerprint density at radius 3 is 2.95 bits per heavy atom. The van der Waals surface area contributed by atoms with Crippen LogP contribution in [0.1, 0.15) is 43.0 Å². The number of rotatable bonds is 2. The van der Waals surface area contributed by atoms with Crippen LogP contribution in [0.2, 0.25) is 0 Å². The van der Waals surface area contributed by atoms with Gasteiger partial charge in [-0.1, -0.05) is 0 Å². The number of likely N-dealkylation sites (tertiary alicyclic amines) is 2. The lowest BCUT2D eigenvalue weighted by molar-refractivity contribution is -0.127. The molecule has 0 N–H and O–H groups in total. The summed E-state index contributed by atoms with van der Waals surface area (Å²) >= 11 is 1.54. The summed E-state index contributed by atoms with van der Waals surface area (Å²) < 4.78 is 0. The number of carbonyl (C=O) groups is 2. The van der Waals surface area contributed by atoms with E-state index in [0.717, 1.165) is 37.9 Å². The van der Waals surface area contributed by atoms with E-state index in [-0.39, 0.29) is 17.4 Å². The Labute approximate surface area is 123 Å². The molecule has 2 amide bonds. The van der Waals surface area contributed by atoms with Crippen molar-refractivity contribution in [2.45, 2.75) is 38.1 Å². The van der Waals surface area contributed by atoms with Gasteiger partial charge in [0.1, 0.15) is 0 Å². The lowest BCUT2D eigenvalue weighted by Crippen LogP contribution is -2.56. The second-order valence-electron chi connectivity index (χ2n) is 5.73. The van der Waals surface area contributed by atoms with Crippen molar-refractivity contribution in [1.29, 1.82) is 0 Å². The molecular weight excluding hydrogens is 272 g/mol. The zero-order valence-corrected chi connectivity index (χ0v) is 12.6. The summed E-state index contributed by atoms with van der Waals surface area (Å²) in [6.45, 7) is 4.23. The van der Waals surface area contributed by atoms with E-state index in [2.05, 4.69) is 0 Å². The largest absolute Gasteiger partial charge is 0.341 e. The Hall–Kier alpha value is -1.36. The highest BCUT2D eigenvalue weighted by molar-refractivity contribution is 7.08. The topological polar surface area (TPSA) is 40.6 Å². The van der Waals surface area contributed by atoms with Crippen LogP contribution >= 0.6 is 11.3 Å². The average Bonchev–Trinajstić information content (AvgIpc) is 3.07. The lowest BCUT2D eigenvalue weighted by atomic mass is 9.85. The Morgan fingerprint density at radius 2 is 2.30 bits per heavy atom. The number of carbonyl (C=O) groups excluding carboxylic acids is 2. The molecule has 20 heavy (non-hydrogen) atoms. The van der Waals surface area contributed by atoms with Crippen LogP contribution in [0.5, 0.6) is 0 Å². The van der Waals surface area contributed by atoms with E-state index >= 15 is 0 Å². The molecule has 1 aromatic rings. The van der Waals surface area contributed by atoms with Crippen molar-refractivity contribution in [1.82, 2.24) is 9.80 Å². The van der Waals surface area contributed by atoms with Crippen molar-refractivity contribution in [3.8, 4) is 0 Å². The molecule has 4 nitrogen and oxygen atoms in total. The highest BCUT2D eigenvalue weighted by atomic mass is 32.1. The lowest BCUT2D eigenvalue weighted by Gasteiger charge is -2.44. The predicted molar refractivity (Wildman–Crippen MR) is 78.8 cm³/mol. The molecule has 1 unspecified atom stereocenters. The summed E-state index contributed by atoms with van der Waals surface area (Å²) in [5.74, 6) is 0.286. The summed E-state index contributed by atoms with van der Waals surface area (Å²) in [7, 11) is 0.